The van der Waals surface area contributed by atoms with Crippen LogP contribution in [0.4, 0.5) is 11.4 Å². The minimum absolute atomic E-state index is 0.0963. The van der Waals surface area contributed by atoms with Crippen molar-refractivity contribution in [2.75, 3.05) is 10.2 Å². The normalized spacial score (nSPS) is 23.8. The number of rotatable bonds is 4. The molecule has 2 aromatic rings. The fourth-order valence-corrected chi connectivity index (χ4v) is 4.55. The number of aryl methyl sites for hydroxylation is 1. The first-order chi connectivity index (χ1) is 14.0. The maximum absolute atomic E-state index is 12.9. The third-order valence-electron chi connectivity index (χ3n) is 6.22. The molecule has 3 atom stereocenters. The van der Waals surface area contributed by atoms with Gasteiger partial charge in [0.05, 0.1) is 17.5 Å². The van der Waals surface area contributed by atoms with Gasteiger partial charge in [0.2, 0.25) is 11.8 Å². The van der Waals surface area contributed by atoms with Crippen LogP contribution in [0.3, 0.4) is 0 Å². The SMILES string of the molecule is CCc1ccccc1NC(=O)c1ccc(N2C(=O)[C@H]3C[C@H](C)CC[C@H]3C2=O)cc1. The van der Waals surface area contributed by atoms with Gasteiger partial charge < -0.3 is 5.32 Å². The molecule has 2 fully saturated rings. The lowest BCUT2D eigenvalue weighted by Crippen LogP contribution is -2.30. The van der Waals surface area contributed by atoms with E-state index in [9.17, 15) is 14.4 Å². The van der Waals surface area contributed by atoms with E-state index in [-0.39, 0.29) is 29.6 Å². The van der Waals surface area contributed by atoms with Gasteiger partial charge >= 0.3 is 0 Å². The number of nitrogens with zero attached hydrogens (tertiary/aromatic N) is 1. The highest BCUT2D eigenvalue weighted by Crippen LogP contribution is 2.42. The van der Waals surface area contributed by atoms with E-state index < -0.39 is 0 Å². The van der Waals surface area contributed by atoms with Crippen molar-refractivity contribution < 1.29 is 14.4 Å². The van der Waals surface area contributed by atoms with Gasteiger partial charge in [-0.3, -0.25) is 19.3 Å². The summed E-state index contributed by atoms with van der Waals surface area (Å²) < 4.78 is 0. The van der Waals surface area contributed by atoms with Crippen LogP contribution in [0.5, 0.6) is 0 Å². The molecule has 1 N–H and O–H groups in total. The molecule has 3 amide bonds. The molecule has 4 rings (SSSR count). The Balaban J connectivity index is 1.51. The number of hydrogen-bond donors (Lipinski definition) is 1. The molecule has 1 saturated heterocycles. The van der Waals surface area contributed by atoms with Crippen LogP contribution < -0.4 is 10.2 Å². The lowest BCUT2D eigenvalue weighted by atomic mass is 9.76. The van der Waals surface area contributed by atoms with Crippen molar-refractivity contribution in [3.63, 3.8) is 0 Å². The van der Waals surface area contributed by atoms with Crippen LogP contribution in [0.1, 0.15) is 49.0 Å². The third kappa shape index (κ3) is 3.57. The summed E-state index contributed by atoms with van der Waals surface area (Å²) >= 11 is 0. The number of imide groups is 1. The van der Waals surface area contributed by atoms with Crippen LogP contribution in [0.25, 0.3) is 0 Å². The highest BCUT2D eigenvalue weighted by molar-refractivity contribution is 6.22. The molecule has 1 heterocycles. The van der Waals surface area contributed by atoms with Gasteiger partial charge in [-0.2, -0.15) is 0 Å². The lowest BCUT2D eigenvalue weighted by Gasteiger charge is -2.25. The Kier molecular flexibility index (Phi) is 5.22. The molecule has 150 valence electrons. The molecule has 2 aliphatic rings. The summed E-state index contributed by atoms with van der Waals surface area (Å²) in [6, 6.07) is 14.4. The second kappa shape index (κ2) is 7.82. The Morgan fingerprint density at radius 1 is 1.00 bits per heavy atom. The molecule has 29 heavy (non-hydrogen) atoms. The minimum Gasteiger partial charge on any atom is -0.322 e. The van der Waals surface area contributed by atoms with Gasteiger partial charge in [-0.15, -0.1) is 0 Å². The summed E-state index contributed by atoms with van der Waals surface area (Å²) in [5.41, 5.74) is 2.91. The summed E-state index contributed by atoms with van der Waals surface area (Å²) in [4.78, 5) is 39.6. The second-order valence-corrected chi connectivity index (χ2v) is 8.15. The number of benzene rings is 2. The molecule has 1 aliphatic heterocycles. The molecule has 0 radical (unpaired) electrons. The van der Waals surface area contributed by atoms with Gasteiger partial charge in [0, 0.05) is 11.3 Å². The van der Waals surface area contributed by atoms with Crippen molar-refractivity contribution >= 4 is 29.1 Å². The summed E-state index contributed by atoms with van der Waals surface area (Å²) in [5, 5.41) is 2.94. The fraction of sp³-hybridized carbons (Fsp3) is 0.375. The van der Waals surface area contributed by atoms with Crippen LogP contribution in [0.2, 0.25) is 0 Å². The maximum Gasteiger partial charge on any atom is 0.255 e. The second-order valence-electron chi connectivity index (χ2n) is 8.15. The molecule has 5 heteroatoms. The number of carbonyl (C=O) groups is 3. The largest absolute Gasteiger partial charge is 0.322 e. The van der Waals surface area contributed by atoms with E-state index in [1.165, 1.54) is 4.90 Å². The lowest BCUT2D eigenvalue weighted by molar-refractivity contribution is -0.122. The van der Waals surface area contributed by atoms with E-state index in [1.807, 2.05) is 31.2 Å². The van der Waals surface area contributed by atoms with Crippen LogP contribution in [0, 0.1) is 17.8 Å². The first-order valence-corrected chi connectivity index (χ1v) is 10.4. The predicted octanol–water partition coefficient (Wildman–Crippen LogP) is 4.43. The van der Waals surface area contributed by atoms with E-state index in [0.717, 1.165) is 36.9 Å². The Morgan fingerprint density at radius 2 is 1.69 bits per heavy atom. The molecule has 0 aromatic heterocycles. The van der Waals surface area contributed by atoms with Crippen LogP contribution in [-0.2, 0) is 16.0 Å². The van der Waals surface area contributed by atoms with E-state index in [4.69, 9.17) is 0 Å². The molecular weight excluding hydrogens is 364 g/mol. The molecule has 5 nitrogen and oxygen atoms in total. The summed E-state index contributed by atoms with van der Waals surface area (Å²) in [7, 11) is 0. The zero-order valence-electron chi connectivity index (χ0n) is 16.9. The smallest absolute Gasteiger partial charge is 0.255 e. The van der Waals surface area contributed by atoms with Crippen LogP contribution in [0.15, 0.2) is 48.5 Å². The number of para-hydroxylation sites is 1. The number of nitrogens with one attached hydrogen (secondary N) is 1. The van der Waals surface area contributed by atoms with Crippen LogP contribution in [-0.4, -0.2) is 17.7 Å². The Labute approximate surface area is 171 Å². The minimum atomic E-state index is -0.209. The van der Waals surface area contributed by atoms with Crippen molar-refractivity contribution in [1.82, 2.24) is 0 Å². The van der Waals surface area contributed by atoms with E-state index in [1.54, 1.807) is 24.3 Å². The molecular formula is C24H26N2O3. The number of anilines is 2. The molecule has 1 saturated carbocycles. The fourth-order valence-electron chi connectivity index (χ4n) is 4.55. The molecule has 1 aliphatic carbocycles. The van der Waals surface area contributed by atoms with Gasteiger partial charge in [0.25, 0.3) is 5.91 Å². The zero-order chi connectivity index (χ0) is 20.5. The number of carbonyl (C=O) groups excluding carboxylic acids is 3. The molecule has 0 spiro atoms. The first kappa shape index (κ1) is 19.4. The van der Waals surface area contributed by atoms with E-state index in [0.29, 0.717) is 17.2 Å². The van der Waals surface area contributed by atoms with E-state index >= 15 is 0 Å². The Morgan fingerprint density at radius 3 is 2.41 bits per heavy atom. The van der Waals surface area contributed by atoms with Crippen molar-refractivity contribution in [2.45, 2.75) is 39.5 Å². The van der Waals surface area contributed by atoms with Gasteiger partial charge in [0.1, 0.15) is 0 Å². The highest BCUT2D eigenvalue weighted by Gasteiger charge is 2.49. The average molecular weight is 390 g/mol. The van der Waals surface area contributed by atoms with Crippen LogP contribution >= 0.6 is 0 Å². The molecule has 0 bridgehead atoms. The third-order valence-corrected chi connectivity index (χ3v) is 6.22. The summed E-state index contributed by atoms with van der Waals surface area (Å²) in [6.07, 6.45) is 3.38. The van der Waals surface area contributed by atoms with E-state index in [2.05, 4.69) is 12.2 Å². The van der Waals surface area contributed by atoms with Gasteiger partial charge in [-0.25, -0.2) is 0 Å². The van der Waals surface area contributed by atoms with Gasteiger partial charge in [-0.05, 0) is 67.5 Å². The number of amides is 3. The predicted molar refractivity (Wildman–Crippen MR) is 113 cm³/mol. The maximum atomic E-state index is 12.9. The molecule has 2 aromatic carbocycles. The van der Waals surface area contributed by atoms with Crippen molar-refractivity contribution in [1.29, 1.82) is 0 Å². The van der Waals surface area contributed by atoms with Crippen molar-refractivity contribution in [3.05, 3.63) is 59.7 Å². The number of hydrogen-bond acceptors (Lipinski definition) is 3. The Hall–Kier alpha value is -2.95. The monoisotopic (exact) mass is 390 g/mol. The average Bonchev–Trinajstić information content (AvgIpc) is 2.98. The molecule has 0 unspecified atom stereocenters. The summed E-state index contributed by atoms with van der Waals surface area (Å²) in [6.45, 7) is 4.18. The standard InChI is InChI=1S/C24H26N2O3/c1-3-16-6-4-5-7-21(16)25-22(27)17-9-11-18(12-10-17)26-23(28)19-13-8-15(2)14-20(19)24(26)29/h4-7,9-12,15,19-20H,3,8,13-14H2,1-2H3,(H,25,27)/t15-,19-,20+/m1/s1. The Bertz CT molecular complexity index is 951. The van der Waals surface area contributed by atoms with Gasteiger partial charge in [0.15, 0.2) is 0 Å². The first-order valence-electron chi connectivity index (χ1n) is 10.4. The van der Waals surface area contributed by atoms with Crippen molar-refractivity contribution in [2.24, 2.45) is 17.8 Å². The zero-order valence-corrected chi connectivity index (χ0v) is 16.9. The van der Waals surface area contributed by atoms with Gasteiger partial charge in [-0.1, -0.05) is 32.0 Å². The highest BCUT2D eigenvalue weighted by atomic mass is 16.2. The number of fused-ring (bicyclic) bond motifs is 1. The topological polar surface area (TPSA) is 66.5 Å². The van der Waals surface area contributed by atoms with Crippen molar-refractivity contribution in [3.8, 4) is 0 Å². The summed E-state index contributed by atoms with van der Waals surface area (Å²) in [5.74, 6) is -0.308. The quantitative estimate of drug-likeness (QED) is 0.786.